The number of nitrogens with zero attached hydrogens (tertiary/aromatic N) is 1. The largest absolute Gasteiger partial charge is 0.348 e. The summed E-state index contributed by atoms with van der Waals surface area (Å²) in [4.78, 5) is 12.9. The van der Waals surface area contributed by atoms with E-state index in [1.807, 2.05) is 39.0 Å². The number of benzene rings is 2. The zero-order valence-electron chi connectivity index (χ0n) is 19.3. The molecule has 0 aliphatic carbocycles. The molecule has 0 aliphatic rings. The summed E-state index contributed by atoms with van der Waals surface area (Å²) in [6.07, 6.45) is 1.13. The van der Waals surface area contributed by atoms with Gasteiger partial charge in [-0.15, -0.1) is 0 Å². The van der Waals surface area contributed by atoms with Crippen molar-refractivity contribution in [3.05, 3.63) is 64.7 Å². The molecule has 0 radical (unpaired) electrons. The summed E-state index contributed by atoms with van der Waals surface area (Å²) in [7, 11) is -3.64. The van der Waals surface area contributed by atoms with E-state index in [0.717, 1.165) is 22.9 Å². The molecule has 0 heterocycles. The normalized spacial score (nSPS) is 14.1. The van der Waals surface area contributed by atoms with Crippen molar-refractivity contribution in [1.29, 1.82) is 0 Å². The van der Waals surface area contributed by atoms with Gasteiger partial charge in [0.1, 0.15) is 6.04 Å². The third kappa shape index (κ3) is 5.63. The molecule has 0 saturated carbocycles. The number of nitrogens with one attached hydrogen (secondary N) is 1. The average Bonchev–Trinajstić information content (AvgIpc) is 2.63. The predicted octanol–water partition coefficient (Wildman–Crippen LogP) is 4.63. The fourth-order valence-corrected chi connectivity index (χ4v) is 4.53. The third-order valence-corrected chi connectivity index (χ3v) is 6.71. The first-order valence-electron chi connectivity index (χ1n) is 10.2. The Kier molecular flexibility index (Phi) is 7.02. The summed E-state index contributed by atoms with van der Waals surface area (Å²) in [6.45, 7) is 13.9. The number of rotatable bonds is 6. The lowest BCUT2D eigenvalue weighted by molar-refractivity contribution is -0.122. The topological polar surface area (TPSA) is 66.5 Å². The summed E-state index contributed by atoms with van der Waals surface area (Å²) in [5.41, 5.74) is 4.78. The number of carbonyl (C=O) groups is 1. The van der Waals surface area contributed by atoms with Crippen LogP contribution in [0.3, 0.4) is 0 Å². The molecule has 1 N–H and O–H groups in total. The Hall–Kier alpha value is -2.34. The lowest BCUT2D eigenvalue weighted by atomic mass is 9.86. The summed E-state index contributed by atoms with van der Waals surface area (Å²) in [5, 5.41) is 2.96. The molecule has 0 saturated heterocycles. The van der Waals surface area contributed by atoms with Gasteiger partial charge in [0.15, 0.2) is 0 Å². The number of amides is 1. The van der Waals surface area contributed by atoms with Gasteiger partial charge < -0.3 is 5.32 Å². The zero-order chi connectivity index (χ0) is 22.9. The SMILES string of the molecule is Cc1ccc(N([C@H](C)C(=O)N[C@H](C)c2ccc(C(C)(C)C)cc2)S(C)(=O)=O)cc1C. The molecule has 164 valence electrons. The number of hydrogen-bond acceptors (Lipinski definition) is 3. The van der Waals surface area contributed by atoms with Crippen LogP contribution in [0.4, 0.5) is 5.69 Å². The lowest BCUT2D eigenvalue weighted by Gasteiger charge is -2.30. The minimum Gasteiger partial charge on any atom is -0.348 e. The van der Waals surface area contributed by atoms with E-state index in [-0.39, 0.29) is 17.4 Å². The van der Waals surface area contributed by atoms with Crippen molar-refractivity contribution < 1.29 is 13.2 Å². The van der Waals surface area contributed by atoms with Gasteiger partial charge in [0.2, 0.25) is 15.9 Å². The van der Waals surface area contributed by atoms with Crippen LogP contribution in [0.1, 0.15) is 62.9 Å². The number of sulfonamides is 1. The number of hydrogen-bond donors (Lipinski definition) is 1. The van der Waals surface area contributed by atoms with E-state index in [2.05, 4.69) is 38.2 Å². The Morgan fingerprint density at radius 2 is 1.53 bits per heavy atom. The second-order valence-corrected chi connectivity index (χ2v) is 11.0. The summed E-state index contributed by atoms with van der Waals surface area (Å²) in [6, 6.07) is 12.4. The van der Waals surface area contributed by atoms with Crippen molar-refractivity contribution in [2.75, 3.05) is 10.6 Å². The Bertz CT molecular complexity index is 1010. The number of aryl methyl sites for hydroxylation is 2. The van der Waals surface area contributed by atoms with Crippen LogP contribution in [0.25, 0.3) is 0 Å². The highest BCUT2D eigenvalue weighted by Gasteiger charge is 2.30. The van der Waals surface area contributed by atoms with Crippen molar-refractivity contribution in [3.63, 3.8) is 0 Å². The quantitative estimate of drug-likeness (QED) is 0.726. The number of anilines is 1. The van der Waals surface area contributed by atoms with Crippen LogP contribution in [0.2, 0.25) is 0 Å². The van der Waals surface area contributed by atoms with Crippen molar-refractivity contribution in [3.8, 4) is 0 Å². The molecule has 2 rings (SSSR count). The maximum absolute atomic E-state index is 12.9. The third-order valence-electron chi connectivity index (χ3n) is 5.47. The molecule has 0 spiro atoms. The molecule has 0 bridgehead atoms. The van der Waals surface area contributed by atoms with Crippen LogP contribution in [-0.4, -0.2) is 26.6 Å². The van der Waals surface area contributed by atoms with Crippen LogP contribution < -0.4 is 9.62 Å². The van der Waals surface area contributed by atoms with Crippen LogP contribution in [0.5, 0.6) is 0 Å². The van der Waals surface area contributed by atoms with E-state index < -0.39 is 16.1 Å². The average molecular weight is 431 g/mol. The van der Waals surface area contributed by atoms with Gasteiger partial charge in [0, 0.05) is 0 Å². The van der Waals surface area contributed by atoms with Gasteiger partial charge in [-0.3, -0.25) is 9.10 Å². The molecule has 1 amide bonds. The smallest absolute Gasteiger partial charge is 0.244 e. The molecule has 2 aromatic rings. The monoisotopic (exact) mass is 430 g/mol. The second-order valence-electron chi connectivity index (χ2n) is 9.11. The lowest BCUT2D eigenvalue weighted by Crippen LogP contribution is -2.48. The molecule has 0 fully saturated rings. The molecule has 6 heteroatoms. The minimum absolute atomic E-state index is 0.0572. The molecule has 30 heavy (non-hydrogen) atoms. The summed E-state index contributed by atoms with van der Waals surface area (Å²) in [5.74, 6) is -0.342. The first kappa shape index (κ1) is 23.9. The van der Waals surface area contributed by atoms with Crippen LogP contribution in [-0.2, 0) is 20.2 Å². The Balaban J connectivity index is 2.23. The van der Waals surface area contributed by atoms with Gasteiger partial charge in [-0.1, -0.05) is 51.1 Å². The van der Waals surface area contributed by atoms with E-state index >= 15 is 0 Å². The van der Waals surface area contributed by atoms with Crippen molar-refractivity contribution in [2.24, 2.45) is 0 Å². The summed E-state index contributed by atoms with van der Waals surface area (Å²) < 4.78 is 26.2. The predicted molar refractivity (Wildman–Crippen MR) is 124 cm³/mol. The first-order chi connectivity index (χ1) is 13.7. The van der Waals surface area contributed by atoms with E-state index in [0.29, 0.717) is 5.69 Å². The van der Waals surface area contributed by atoms with Gasteiger partial charge in [0.05, 0.1) is 18.0 Å². The van der Waals surface area contributed by atoms with E-state index in [1.165, 1.54) is 9.87 Å². The van der Waals surface area contributed by atoms with Crippen molar-refractivity contribution in [1.82, 2.24) is 5.32 Å². The Morgan fingerprint density at radius 1 is 0.967 bits per heavy atom. The summed E-state index contributed by atoms with van der Waals surface area (Å²) >= 11 is 0. The standard InChI is InChI=1S/C24H34N2O3S/c1-16-9-14-22(15-17(16)2)26(30(8,28)29)19(4)23(27)25-18(3)20-10-12-21(13-11-20)24(5,6)7/h9-15,18-19H,1-8H3,(H,25,27)/t18-,19-/m1/s1. The maximum Gasteiger partial charge on any atom is 0.244 e. The van der Waals surface area contributed by atoms with Gasteiger partial charge in [-0.2, -0.15) is 0 Å². The Labute approximate surface area is 181 Å². The molecule has 2 atom stereocenters. The molecule has 2 aromatic carbocycles. The molecular formula is C24H34N2O3S. The second kappa shape index (κ2) is 8.80. The highest BCUT2D eigenvalue weighted by atomic mass is 32.2. The molecule has 0 unspecified atom stereocenters. The van der Waals surface area contributed by atoms with Gasteiger partial charge in [-0.25, -0.2) is 8.42 Å². The van der Waals surface area contributed by atoms with Crippen LogP contribution >= 0.6 is 0 Å². The number of carbonyl (C=O) groups excluding carboxylic acids is 1. The Morgan fingerprint density at radius 3 is 2.00 bits per heavy atom. The van der Waals surface area contributed by atoms with Crippen molar-refractivity contribution >= 4 is 21.6 Å². The van der Waals surface area contributed by atoms with Gasteiger partial charge in [-0.05, 0) is 67.5 Å². The van der Waals surface area contributed by atoms with Crippen LogP contribution in [0, 0.1) is 13.8 Å². The van der Waals surface area contributed by atoms with Gasteiger partial charge in [0.25, 0.3) is 0 Å². The molecular weight excluding hydrogens is 396 g/mol. The maximum atomic E-state index is 12.9. The van der Waals surface area contributed by atoms with Crippen molar-refractivity contribution in [2.45, 2.75) is 66.0 Å². The minimum atomic E-state index is -3.64. The van der Waals surface area contributed by atoms with Gasteiger partial charge >= 0.3 is 0 Å². The highest BCUT2D eigenvalue weighted by molar-refractivity contribution is 7.92. The molecule has 5 nitrogen and oxygen atoms in total. The molecule has 0 aliphatic heterocycles. The zero-order valence-corrected chi connectivity index (χ0v) is 20.1. The van der Waals surface area contributed by atoms with E-state index in [1.54, 1.807) is 19.1 Å². The first-order valence-corrected chi connectivity index (χ1v) is 12.0. The fourth-order valence-electron chi connectivity index (χ4n) is 3.36. The molecule has 0 aromatic heterocycles. The van der Waals surface area contributed by atoms with E-state index in [4.69, 9.17) is 0 Å². The van der Waals surface area contributed by atoms with Crippen LogP contribution in [0.15, 0.2) is 42.5 Å². The fraction of sp³-hybridized carbons (Fsp3) is 0.458. The van der Waals surface area contributed by atoms with E-state index in [9.17, 15) is 13.2 Å². The highest BCUT2D eigenvalue weighted by Crippen LogP contribution is 2.26.